The second kappa shape index (κ2) is 8.00. The predicted molar refractivity (Wildman–Crippen MR) is 93.6 cm³/mol. The van der Waals surface area contributed by atoms with Gasteiger partial charge in [0.05, 0.1) is 7.11 Å². The molecule has 0 bridgehead atoms. The van der Waals surface area contributed by atoms with E-state index in [0.29, 0.717) is 12.0 Å². The minimum absolute atomic E-state index is 0.472. The molecule has 0 aliphatic rings. The maximum atomic E-state index is 5.35. The van der Waals surface area contributed by atoms with Crippen LogP contribution < -0.4 is 4.74 Å². The smallest absolute Gasteiger partial charge is 0.119 e. The Labute approximate surface area is 134 Å². The van der Waals surface area contributed by atoms with E-state index in [1.807, 2.05) is 6.07 Å². The fourth-order valence-corrected chi connectivity index (χ4v) is 3.16. The van der Waals surface area contributed by atoms with Crippen LogP contribution in [0.1, 0.15) is 30.4 Å². The first-order valence-corrected chi connectivity index (χ1v) is 8.00. The zero-order valence-electron chi connectivity index (χ0n) is 14.1. The maximum Gasteiger partial charge on any atom is 0.119 e. The molecule has 2 heteroatoms. The Bertz CT molecular complexity index is 565. The summed E-state index contributed by atoms with van der Waals surface area (Å²) in [7, 11) is 6.08. The fourth-order valence-electron chi connectivity index (χ4n) is 3.16. The van der Waals surface area contributed by atoms with Gasteiger partial charge in [-0.1, -0.05) is 49.4 Å². The first-order chi connectivity index (χ1) is 10.7. The van der Waals surface area contributed by atoms with Crippen LogP contribution in [0.5, 0.6) is 5.75 Å². The van der Waals surface area contributed by atoms with E-state index in [1.165, 1.54) is 11.1 Å². The molecule has 0 aliphatic carbocycles. The second-order valence-corrected chi connectivity index (χ2v) is 6.01. The maximum absolute atomic E-state index is 5.35. The highest BCUT2D eigenvalue weighted by Gasteiger charge is 2.24. The van der Waals surface area contributed by atoms with Gasteiger partial charge in [-0.15, -0.1) is 0 Å². The summed E-state index contributed by atoms with van der Waals surface area (Å²) in [6.07, 6.45) is 2.16. The number of likely N-dealkylation sites (N-methyl/N-ethyl adjacent to an activating group) is 1. The summed E-state index contributed by atoms with van der Waals surface area (Å²) in [5.41, 5.74) is 2.75. The van der Waals surface area contributed by atoms with Gasteiger partial charge in [0, 0.05) is 6.04 Å². The molecule has 0 amide bonds. The number of rotatable bonds is 7. The molecule has 2 aromatic rings. The van der Waals surface area contributed by atoms with Crippen molar-refractivity contribution in [3.05, 3.63) is 65.7 Å². The Morgan fingerprint density at radius 2 is 1.73 bits per heavy atom. The van der Waals surface area contributed by atoms with Crippen LogP contribution in [0, 0.1) is 0 Å². The van der Waals surface area contributed by atoms with Crippen LogP contribution in [-0.2, 0) is 6.42 Å². The van der Waals surface area contributed by atoms with E-state index in [9.17, 15) is 0 Å². The summed E-state index contributed by atoms with van der Waals surface area (Å²) >= 11 is 0. The van der Waals surface area contributed by atoms with Crippen molar-refractivity contribution in [2.45, 2.75) is 31.7 Å². The van der Waals surface area contributed by atoms with Crippen LogP contribution in [0.2, 0.25) is 0 Å². The molecule has 118 valence electrons. The lowest BCUT2D eigenvalue weighted by Gasteiger charge is -2.32. The van der Waals surface area contributed by atoms with Crippen molar-refractivity contribution in [2.75, 3.05) is 21.2 Å². The Balaban J connectivity index is 2.25. The first-order valence-electron chi connectivity index (χ1n) is 8.00. The molecular formula is C20H27NO. The van der Waals surface area contributed by atoms with Gasteiger partial charge in [0.25, 0.3) is 0 Å². The molecule has 0 radical (unpaired) electrons. The lowest BCUT2D eigenvalue weighted by molar-refractivity contribution is 0.246. The van der Waals surface area contributed by atoms with Gasteiger partial charge in [0.1, 0.15) is 5.75 Å². The van der Waals surface area contributed by atoms with Crippen molar-refractivity contribution < 1.29 is 4.74 Å². The van der Waals surface area contributed by atoms with Gasteiger partial charge in [0.15, 0.2) is 0 Å². The Kier molecular flexibility index (Phi) is 6.02. The molecule has 2 nitrogen and oxygen atoms in total. The molecule has 0 heterocycles. The molecular weight excluding hydrogens is 270 g/mol. The van der Waals surface area contributed by atoms with Crippen molar-refractivity contribution in [2.24, 2.45) is 0 Å². The zero-order chi connectivity index (χ0) is 15.9. The number of hydrogen-bond donors (Lipinski definition) is 0. The summed E-state index contributed by atoms with van der Waals surface area (Å²) in [6, 6.07) is 19.7. The third kappa shape index (κ3) is 4.11. The molecule has 2 rings (SSSR count). The quantitative estimate of drug-likeness (QED) is 0.753. The van der Waals surface area contributed by atoms with Crippen LogP contribution in [0.4, 0.5) is 0 Å². The normalized spacial score (nSPS) is 13.9. The number of nitrogens with zero attached hydrogens (tertiary/aromatic N) is 1. The molecule has 0 N–H and O–H groups in total. The van der Waals surface area contributed by atoms with E-state index < -0.39 is 0 Å². The van der Waals surface area contributed by atoms with Crippen molar-refractivity contribution in [3.63, 3.8) is 0 Å². The average molecular weight is 297 g/mol. The van der Waals surface area contributed by atoms with Crippen LogP contribution in [-0.4, -0.2) is 32.1 Å². The van der Waals surface area contributed by atoms with Crippen molar-refractivity contribution in [1.29, 1.82) is 0 Å². The SMILES string of the molecule is CCC(c1ccccc1)C(Cc1cccc(OC)c1)N(C)C. The van der Waals surface area contributed by atoms with E-state index >= 15 is 0 Å². The molecule has 22 heavy (non-hydrogen) atoms. The molecule has 0 spiro atoms. The molecule has 0 aliphatic heterocycles. The monoisotopic (exact) mass is 297 g/mol. The largest absolute Gasteiger partial charge is 0.497 e. The van der Waals surface area contributed by atoms with E-state index in [1.54, 1.807) is 7.11 Å². The lowest BCUT2D eigenvalue weighted by Crippen LogP contribution is -2.35. The van der Waals surface area contributed by atoms with Crippen molar-refractivity contribution in [3.8, 4) is 5.75 Å². The van der Waals surface area contributed by atoms with Crippen molar-refractivity contribution in [1.82, 2.24) is 4.90 Å². The highest BCUT2D eigenvalue weighted by molar-refractivity contribution is 5.30. The highest BCUT2D eigenvalue weighted by atomic mass is 16.5. The van der Waals surface area contributed by atoms with Gasteiger partial charge in [-0.3, -0.25) is 0 Å². The first kappa shape index (κ1) is 16.6. The standard InChI is InChI=1S/C20H27NO/c1-5-19(17-11-7-6-8-12-17)20(21(2)3)15-16-10-9-13-18(14-16)22-4/h6-14,19-20H,5,15H2,1-4H3. The van der Waals surface area contributed by atoms with Crippen LogP contribution >= 0.6 is 0 Å². The van der Waals surface area contributed by atoms with E-state index in [4.69, 9.17) is 4.74 Å². The zero-order valence-corrected chi connectivity index (χ0v) is 14.1. The molecule has 2 aromatic carbocycles. The third-order valence-electron chi connectivity index (χ3n) is 4.37. The summed E-state index contributed by atoms with van der Waals surface area (Å²) in [5.74, 6) is 1.46. The second-order valence-electron chi connectivity index (χ2n) is 6.01. The van der Waals surface area contributed by atoms with Gasteiger partial charge >= 0.3 is 0 Å². The number of benzene rings is 2. The molecule has 2 unspecified atom stereocenters. The molecule has 0 saturated heterocycles. The van der Waals surface area contributed by atoms with Gasteiger partial charge in [-0.05, 0) is 56.1 Å². The Morgan fingerprint density at radius 3 is 2.32 bits per heavy atom. The summed E-state index contributed by atoms with van der Waals surface area (Å²) in [5, 5.41) is 0. The highest BCUT2D eigenvalue weighted by Crippen LogP contribution is 2.29. The molecule has 0 aromatic heterocycles. The number of ether oxygens (including phenoxy) is 1. The summed E-state index contributed by atoms with van der Waals surface area (Å²) in [6.45, 7) is 2.28. The number of methoxy groups -OCH3 is 1. The lowest BCUT2D eigenvalue weighted by atomic mass is 9.85. The van der Waals surface area contributed by atoms with Gasteiger partial charge < -0.3 is 9.64 Å². The van der Waals surface area contributed by atoms with Gasteiger partial charge in [-0.25, -0.2) is 0 Å². The Hall–Kier alpha value is -1.80. The molecule has 2 atom stereocenters. The Morgan fingerprint density at radius 1 is 1.00 bits per heavy atom. The number of hydrogen-bond acceptors (Lipinski definition) is 2. The molecule has 0 saturated carbocycles. The summed E-state index contributed by atoms with van der Waals surface area (Å²) < 4.78 is 5.35. The predicted octanol–water partition coefficient (Wildman–Crippen LogP) is 4.36. The van der Waals surface area contributed by atoms with E-state index in [-0.39, 0.29) is 0 Å². The minimum Gasteiger partial charge on any atom is -0.497 e. The summed E-state index contributed by atoms with van der Waals surface area (Å²) in [4.78, 5) is 2.35. The third-order valence-corrected chi connectivity index (χ3v) is 4.37. The van der Waals surface area contributed by atoms with Crippen LogP contribution in [0.25, 0.3) is 0 Å². The topological polar surface area (TPSA) is 12.5 Å². The van der Waals surface area contributed by atoms with Crippen LogP contribution in [0.3, 0.4) is 0 Å². The fraction of sp³-hybridized carbons (Fsp3) is 0.400. The van der Waals surface area contributed by atoms with E-state index in [2.05, 4.69) is 74.4 Å². The van der Waals surface area contributed by atoms with Gasteiger partial charge in [0.2, 0.25) is 0 Å². The van der Waals surface area contributed by atoms with Crippen molar-refractivity contribution >= 4 is 0 Å². The average Bonchev–Trinajstić information content (AvgIpc) is 2.55. The van der Waals surface area contributed by atoms with E-state index in [0.717, 1.165) is 18.6 Å². The van der Waals surface area contributed by atoms with Crippen LogP contribution in [0.15, 0.2) is 54.6 Å². The minimum atomic E-state index is 0.472. The van der Waals surface area contributed by atoms with Gasteiger partial charge in [-0.2, -0.15) is 0 Å². The molecule has 0 fully saturated rings.